The van der Waals surface area contributed by atoms with Crippen LogP contribution in [0.2, 0.25) is 0 Å². The lowest BCUT2D eigenvalue weighted by atomic mass is 9.91. The molecule has 5 nitrogen and oxygen atoms in total. The van der Waals surface area contributed by atoms with Gasteiger partial charge < -0.3 is 14.8 Å². The van der Waals surface area contributed by atoms with Crippen LogP contribution in [0.5, 0.6) is 0 Å². The van der Waals surface area contributed by atoms with E-state index in [1.54, 1.807) is 19.2 Å². The summed E-state index contributed by atoms with van der Waals surface area (Å²) in [6, 6.07) is 18.6. The van der Waals surface area contributed by atoms with E-state index < -0.39 is 5.97 Å². The highest BCUT2D eigenvalue weighted by molar-refractivity contribution is 6.07. The summed E-state index contributed by atoms with van der Waals surface area (Å²) in [7, 11) is 3.57. The lowest BCUT2D eigenvalue weighted by Crippen LogP contribution is -2.04. The maximum Gasteiger partial charge on any atom is 0.336 e. The van der Waals surface area contributed by atoms with Crippen LogP contribution >= 0.6 is 0 Å². The first kappa shape index (κ1) is 16.8. The smallest absolute Gasteiger partial charge is 0.336 e. The predicted octanol–water partition coefficient (Wildman–Crippen LogP) is 4.48. The molecule has 0 unspecified atom stereocenters. The third kappa shape index (κ3) is 2.83. The molecule has 134 valence electrons. The highest BCUT2D eigenvalue weighted by Crippen LogP contribution is 2.41. The third-order valence-electron chi connectivity index (χ3n) is 4.68. The molecular formula is C22H18N2O3. The quantitative estimate of drug-likeness (QED) is 0.530. The van der Waals surface area contributed by atoms with E-state index in [0.29, 0.717) is 16.9 Å². The standard InChI is InChI=1S/C22H18N2O3/c1-23-13-7-9-17-19(11-13)27-20-12-14(24-2)8-10-18(20)21(17)15-5-3-4-6-16(15)22(25)26/h3-12,23H,1-2H3,(H,25,26)/b24-14-. The molecule has 0 saturated carbocycles. The number of nitrogens with zero attached hydrogens (tertiary/aromatic N) is 1. The van der Waals surface area contributed by atoms with Gasteiger partial charge in [0.15, 0.2) is 0 Å². The number of carboxylic acids is 1. The lowest BCUT2D eigenvalue weighted by molar-refractivity contribution is 0.0697. The summed E-state index contributed by atoms with van der Waals surface area (Å²) in [5.41, 5.74) is 4.20. The molecule has 2 aliphatic rings. The number of aromatic carboxylic acids is 1. The topological polar surface area (TPSA) is 74.8 Å². The Balaban J connectivity index is 2.19. The first-order chi connectivity index (χ1) is 13.1. The second kappa shape index (κ2) is 6.61. The van der Waals surface area contributed by atoms with Gasteiger partial charge in [-0.15, -0.1) is 0 Å². The van der Waals surface area contributed by atoms with Crippen molar-refractivity contribution in [2.45, 2.75) is 0 Å². The molecule has 27 heavy (non-hydrogen) atoms. The Morgan fingerprint density at radius 2 is 1.85 bits per heavy atom. The van der Waals surface area contributed by atoms with E-state index in [1.807, 2.05) is 55.6 Å². The van der Waals surface area contributed by atoms with Crippen LogP contribution in [0.1, 0.15) is 10.4 Å². The molecule has 1 aliphatic carbocycles. The molecule has 1 aliphatic heterocycles. The van der Waals surface area contributed by atoms with Crippen molar-refractivity contribution in [2.75, 3.05) is 19.4 Å². The summed E-state index contributed by atoms with van der Waals surface area (Å²) in [5, 5.41) is 14.4. The van der Waals surface area contributed by atoms with Crippen LogP contribution in [0.4, 0.5) is 5.69 Å². The van der Waals surface area contributed by atoms with Crippen LogP contribution in [0, 0.1) is 0 Å². The monoisotopic (exact) mass is 358 g/mol. The summed E-state index contributed by atoms with van der Waals surface area (Å²) in [4.78, 5) is 16.0. The van der Waals surface area contributed by atoms with E-state index in [0.717, 1.165) is 27.6 Å². The number of nitrogens with one attached hydrogen (secondary N) is 1. The number of benzene rings is 3. The van der Waals surface area contributed by atoms with Crippen LogP contribution in [0.15, 0.2) is 70.1 Å². The molecular weight excluding hydrogens is 340 g/mol. The number of hydrogen-bond acceptors (Lipinski definition) is 4. The van der Waals surface area contributed by atoms with Crippen molar-refractivity contribution >= 4 is 22.6 Å². The van der Waals surface area contributed by atoms with Gasteiger partial charge in [0.1, 0.15) is 11.3 Å². The van der Waals surface area contributed by atoms with Crippen LogP contribution in [-0.2, 0) is 0 Å². The summed E-state index contributed by atoms with van der Waals surface area (Å²) in [5.74, 6) is -0.297. The highest BCUT2D eigenvalue weighted by Gasteiger charge is 2.21. The van der Waals surface area contributed by atoms with E-state index in [2.05, 4.69) is 10.3 Å². The predicted molar refractivity (Wildman–Crippen MR) is 106 cm³/mol. The lowest BCUT2D eigenvalue weighted by Gasteiger charge is -2.17. The van der Waals surface area contributed by atoms with Gasteiger partial charge in [0, 0.05) is 48.4 Å². The molecule has 0 radical (unpaired) electrons. The van der Waals surface area contributed by atoms with Crippen LogP contribution in [0.3, 0.4) is 0 Å². The Morgan fingerprint density at radius 3 is 2.59 bits per heavy atom. The number of hydrogen-bond donors (Lipinski definition) is 2. The minimum Gasteiger partial charge on any atom is -0.478 e. The van der Waals surface area contributed by atoms with Crippen LogP contribution < -0.4 is 10.7 Å². The van der Waals surface area contributed by atoms with Crippen molar-refractivity contribution in [3.05, 3.63) is 71.6 Å². The summed E-state index contributed by atoms with van der Waals surface area (Å²) in [6.45, 7) is 0. The van der Waals surface area contributed by atoms with Crippen molar-refractivity contribution < 1.29 is 14.3 Å². The SMILES string of the molecule is C/N=c1/ccc2c(-c3ccccc3C(=O)O)c3ccc(NC)cc3oc-2c1. The van der Waals surface area contributed by atoms with Gasteiger partial charge >= 0.3 is 5.97 Å². The van der Waals surface area contributed by atoms with Gasteiger partial charge in [-0.1, -0.05) is 18.2 Å². The van der Waals surface area contributed by atoms with E-state index in [9.17, 15) is 9.90 Å². The number of carboxylic acid groups (broad SMARTS) is 1. The number of anilines is 1. The zero-order valence-corrected chi connectivity index (χ0v) is 15.0. The first-order valence-electron chi connectivity index (χ1n) is 8.56. The van der Waals surface area contributed by atoms with Gasteiger partial charge in [0.2, 0.25) is 0 Å². The Labute approximate surface area is 156 Å². The van der Waals surface area contributed by atoms with E-state index >= 15 is 0 Å². The molecule has 0 spiro atoms. The molecule has 1 heterocycles. The Morgan fingerprint density at radius 1 is 1.04 bits per heavy atom. The van der Waals surface area contributed by atoms with Crippen LogP contribution in [0.25, 0.3) is 33.4 Å². The van der Waals surface area contributed by atoms with E-state index in [-0.39, 0.29) is 5.56 Å². The Kier molecular flexibility index (Phi) is 4.12. The molecule has 0 atom stereocenters. The second-order valence-electron chi connectivity index (χ2n) is 6.19. The molecule has 0 fully saturated rings. The number of fused-ring (bicyclic) bond motifs is 2. The van der Waals surface area contributed by atoms with Crippen LogP contribution in [-0.4, -0.2) is 25.2 Å². The number of carbonyl (C=O) groups is 1. The maximum absolute atomic E-state index is 11.8. The molecule has 2 aromatic rings. The minimum absolute atomic E-state index is 0.258. The van der Waals surface area contributed by atoms with Gasteiger partial charge in [-0.3, -0.25) is 4.99 Å². The molecule has 5 heteroatoms. The summed E-state index contributed by atoms with van der Waals surface area (Å²) < 4.78 is 6.15. The van der Waals surface area contributed by atoms with Gasteiger partial charge in [0.25, 0.3) is 0 Å². The first-order valence-corrected chi connectivity index (χ1v) is 8.56. The minimum atomic E-state index is -0.959. The fourth-order valence-electron chi connectivity index (χ4n) is 3.35. The molecule has 0 saturated heterocycles. The van der Waals surface area contributed by atoms with Crippen molar-refractivity contribution in [2.24, 2.45) is 4.99 Å². The van der Waals surface area contributed by atoms with Crippen molar-refractivity contribution in [3.8, 4) is 22.5 Å². The molecule has 0 amide bonds. The molecule has 2 aromatic carbocycles. The summed E-state index contributed by atoms with van der Waals surface area (Å²) in [6.07, 6.45) is 0. The molecule has 2 N–H and O–H groups in total. The Bertz CT molecular complexity index is 1210. The average Bonchev–Trinajstić information content (AvgIpc) is 2.71. The average molecular weight is 358 g/mol. The van der Waals surface area contributed by atoms with Gasteiger partial charge in [-0.2, -0.15) is 0 Å². The normalized spacial score (nSPS) is 11.9. The largest absolute Gasteiger partial charge is 0.478 e. The van der Waals surface area contributed by atoms with Gasteiger partial charge in [-0.25, -0.2) is 4.79 Å². The molecule has 0 bridgehead atoms. The number of rotatable bonds is 3. The van der Waals surface area contributed by atoms with Gasteiger partial charge in [-0.05, 0) is 35.9 Å². The van der Waals surface area contributed by atoms with E-state index in [4.69, 9.17) is 4.42 Å². The zero-order valence-electron chi connectivity index (χ0n) is 15.0. The van der Waals surface area contributed by atoms with Crippen molar-refractivity contribution in [1.82, 2.24) is 0 Å². The zero-order chi connectivity index (χ0) is 19.0. The maximum atomic E-state index is 11.8. The molecule has 0 aromatic heterocycles. The highest BCUT2D eigenvalue weighted by atomic mass is 16.4. The fourth-order valence-corrected chi connectivity index (χ4v) is 3.35. The Hall–Kier alpha value is -3.60. The molecule has 4 rings (SSSR count). The van der Waals surface area contributed by atoms with E-state index in [1.165, 1.54) is 0 Å². The van der Waals surface area contributed by atoms with Gasteiger partial charge in [0.05, 0.1) is 10.9 Å². The second-order valence-corrected chi connectivity index (χ2v) is 6.19. The fraction of sp³-hybridized carbons (Fsp3) is 0.0909. The summed E-state index contributed by atoms with van der Waals surface area (Å²) >= 11 is 0. The van der Waals surface area contributed by atoms with Crippen molar-refractivity contribution in [3.63, 3.8) is 0 Å². The van der Waals surface area contributed by atoms with Crippen molar-refractivity contribution in [1.29, 1.82) is 0 Å². The third-order valence-corrected chi connectivity index (χ3v) is 4.68.